The van der Waals surface area contributed by atoms with Gasteiger partial charge in [-0.3, -0.25) is 0 Å². The molecule has 0 radical (unpaired) electrons. The van der Waals surface area contributed by atoms with Crippen LogP contribution in [0.4, 0.5) is 0 Å². The zero-order chi connectivity index (χ0) is 15.5. The van der Waals surface area contributed by atoms with Crippen molar-refractivity contribution in [3.8, 4) is 17.2 Å². The van der Waals surface area contributed by atoms with E-state index in [4.69, 9.17) is 8.94 Å². The summed E-state index contributed by atoms with van der Waals surface area (Å²) in [5.74, 6) is 1.85. The topological polar surface area (TPSA) is 82.8 Å². The van der Waals surface area contributed by atoms with Crippen molar-refractivity contribution in [3.63, 3.8) is 0 Å². The second-order valence-corrected chi connectivity index (χ2v) is 5.60. The Hall–Kier alpha value is -2.87. The first-order chi connectivity index (χ1) is 11.4. The highest BCUT2D eigenvalue weighted by atomic mass is 32.2. The summed E-state index contributed by atoms with van der Waals surface area (Å²) >= 11 is 1.49. The van der Waals surface area contributed by atoms with Gasteiger partial charge in [0.2, 0.25) is 10.9 Å². The molecule has 114 valence electrons. The van der Waals surface area contributed by atoms with E-state index in [2.05, 4.69) is 20.7 Å². The molecule has 0 saturated carbocycles. The molecule has 4 rings (SSSR count). The molecule has 1 aromatic carbocycles. The third kappa shape index (κ3) is 2.88. The zero-order valence-corrected chi connectivity index (χ0v) is 12.7. The smallest absolute Gasteiger partial charge is 0.214 e. The fraction of sp³-hybridized carbons (Fsp3) is 0.0667. The summed E-state index contributed by atoms with van der Waals surface area (Å²) < 4.78 is 12.3. The van der Waals surface area contributed by atoms with Crippen LogP contribution in [-0.4, -0.2) is 25.4 Å². The molecule has 0 aliphatic carbocycles. The van der Waals surface area contributed by atoms with Gasteiger partial charge in [-0.2, -0.15) is 4.68 Å². The van der Waals surface area contributed by atoms with Crippen LogP contribution in [0.1, 0.15) is 5.69 Å². The summed E-state index contributed by atoms with van der Waals surface area (Å²) in [5.41, 5.74) is 1.71. The SMILES string of the molecule is c1ccc(-n2nnnc2SCc2cc(-c3ccco3)on2)cc1. The highest BCUT2D eigenvalue weighted by molar-refractivity contribution is 7.98. The van der Waals surface area contributed by atoms with Crippen molar-refractivity contribution in [2.45, 2.75) is 10.9 Å². The Kier molecular flexibility index (Phi) is 3.65. The second-order valence-electron chi connectivity index (χ2n) is 4.66. The van der Waals surface area contributed by atoms with Crippen LogP contribution in [0.3, 0.4) is 0 Å². The molecule has 0 spiro atoms. The third-order valence-corrected chi connectivity index (χ3v) is 4.07. The molecule has 8 heteroatoms. The van der Waals surface area contributed by atoms with Crippen LogP contribution >= 0.6 is 11.8 Å². The molecule has 3 heterocycles. The largest absolute Gasteiger partial charge is 0.461 e. The molecule has 0 amide bonds. The summed E-state index contributed by atoms with van der Waals surface area (Å²) in [4.78, 5) is 0. The minimum Gasteiger partial charge on any atom is -0.461 e. The van der Waals surface area contributed by atoms with Gasteiger partial charge in [0.05, 0.1) is 17.6 Å². The highest BCUT2D eigenvalue weighted by Gasteiger charge is 2.12. The molecule has 0 saturated heterocycles. The van der Waals surface area contributed by atoms with Crippen molar-refractivity contribution in [1.82, 2.24) is 25.4 Å². The van der Waals surface area contributed by atoms with Crippen molar-refractivity contribution in [3.05, 3.63) is 60.5 Å². The van der Waals surface area contributed by atoms with Crippen molar-refractivity contribution in [2.75, 3.05) is 0 Å². The average Bonchev–Trinajstić information content (AvgIpc) is 3.33. The quantitative estimate of drug-likeness (QED) is 0.521. The molecule has 0 atom stereocenters. The molecule has 3 aromatic heterocycles. The minimum absolute atomic E-state index is 0.595. The molecule has 0 fully saturated rings. The Morgan fingerprint density at radius 1 is 1.04 bits per heavy atom. The van der Waals surface area contributed by atoms with Crippen LogP contribution < -0.4 is 0 Å². The lowest BCUT2D eigenvalue weighted by Crippen LogP contribution is -1.98. The summed E-state index contributed by atoms with van der Waals surface area (Å²) in [7, 11) is 0. The first-order valence-corrected chi connectivity index (χ1v) is 7.85. The van der Waals surface area contributed by atoms with E-state index in [0.29, 0.717) is 22.4 Å². The number of rotatable bonds is 5. The number of furan rings is 1. The Labute approximate surface area is 135 Å². The lowest BCUT2D eigenvalue weighted by atomic mass is 10.3. The Morgan fingerprint density at radius 2 is 1.96 bits per heavy atom. The minimum atomic E-state index is 0.595. The maximum Gasteiger partial charge on any atom is 0.214 e. The van der Waals surface area contributed by atoms with Gasteiger partial charge >= 0.3 is 0 Å². The molecule has 0 unspecified atom stereocenters. The number of hydrogen-bond acceptors (Lipinski definition) is 7. The molecule has 0 N–H and O–H groups in total. The van der Waals surface area contributed by atoms with Gasteiger partial charge < -0.3 is 8.94 Å². The molecule has 0 bridgehead atoms. The normalized spacial score (nSPS) is 11.0. The van der Waals surface area contributed by atoms with Crippen molar-refractivity contribution >= 4 is 11.8 Å². The molecule has 4 aromatic rings. The van der Waals surface area contributed by atoms with Crippen LogP contribution in [0.15, 0.2) is 68.9 Å². The van der Waals surface area contributed by atoms with Gasteiger partial charge in [0.1, 0.15) is 0 Å². The molecule has 0 aliphatic heterocycles. The maximum absolute atomic E-state index is 5.28. The van der Waals surface area contributed by atoms with Crippen molar-refractivity contribution in [1.29, 1.82) is 0 Å². The number of nitrogens with zero attached hydrogens (tertiary/aromatic N) is 5. The van der Waals surface area contributed by atoms with Gasteiger partial charge in [-0.15, -0.1) is 5.10 Å². The van der Waals surface area contributed by atoms with Gasteiger partial charge in [-0.25, -0.2) is 0 Å². The van der Waals surface area contributed by atoms with E-state index in [1.54, 1.807) is 17.0 Å². The predicted octanol–water partition coefficient (Wildman–Crippen LogP) is 3.20. The van der Waals surface area contributed by atoms with Gasteiger partial charge in [0.15, 0.2) is 5.76 Å². The van der Waals surface area contributed by atoms with E-state index in [-0.39, 0.29) is 0 Å². The maximum atomic E-state index is 5.28. The van der Waals surface area contributed by atoms with Crippen LogP contribution in [0.25, 0.3) is 17.2 Å². The first kappa shape index (κ1) is 13.8. The molecular formula is C15H11N5O2S. The van der Waals surface area contributed by atoms with E-state index in [0.717, 1.165) is 11.4 Å². The number of benzene rings is 1. The predicted molar refractivity (Wildman–Crippen MR) is 82.9 cm³/mol. The van der Waals surface area contributed by atoms with E-state index < -0.39 is 0 Å². The van der Waals surface area contributed by atoms with E-state index >= 15 is 0 Å². The fourth-order valence-electron chi connectivity index (χ4n) is 2.05. The summed E-state index contributed by atoms with van der Waals surface area (Å²) in [6.45, 7) is 0. The summed E-state index contributed by atoms with van der Waals surface area (Å²) in [6.07, 6.45) is 1.60. The average molecular weight is 325 g/mol. The lowest BCUT2D eigenvalue weighted by molar-refractivity contribution is 0.413. The lowest BCUT2D eigenvalue weighted by Gasteiger charge is -2.02. The van der Waals surface area contributed by atoms with Crippen molar-refractivity contribution in [2.24, 2.45) is 0 Å². The Bertz CT molecular complexity index is 886. The zero-order valence-electron chi connectivity index (χ0n) is 11.9. The van der Waals surface area contributed by atoms with Crippen molar-refractivity contribution < 1.29 is 8.94 Å². The summed E-state index contributed by atoms with van der Waals surface area (Å²) in [6, 6.07) is 15.2. The number of para-hydroxylation sites is 1. The molecule has 7 nitrogen and oxygen atoms in total. The first-order valence-electron chi connectivity index (χ1n) is 6.86. The molecular weight excluding hydrogens is 314 g/mol. The van der Waals surface area contributed by atoms with E-state index in [9.17, 15) is 0 Å². The van der Waals surface area contributed by atoms with E-state index in [1.165, 1.54) is 11.8 Å². The van der Waals surface area contributed by atoms with Crippen LogP contribution in [0, 0.1) is 0 Å². The van der Waals surface area contributed by atoms with Crippen LogP contribution in [0.5, 0.6) is 0 Å². The molecule has 0 aliphatic rings. The number of aromatic nitrogens is 5. The van der Waals surface area contributed by atoms with Crippen LogP contribution in [-0.2, 0) is 5.75 Å². The third-order valence-electron chi connectivity index (χ3n) is 3.11. The highest BCUT2D eigenvalue weighted by Crippen LogP contribution is 2.25. The monoisotopic (exact) mass is 325 g/mol. The standard InChI is InChI=1S/C15H11N5O2S/c1-2-5-12(6-3-1)20-15(16-18-19-20)23-10-11-9-14(22-17-11)13-7-4-8-21-13/h1-9H,10H2. The second kappa shape index (κ2) is 6.09. The van der Waals surface area contributed by atoms with E-state index in [1.807, 2.05) is 42.5 Å². The fourth-order valence-corrected chi connectivity index (χ4v) is 2.82. The van der Waals surface area contributed by atoms with Crippen LogP contribution in [0.2, 0.25) is 0 Å². The summed E-state index contributed by atoms with van der Waals surface area (Å²) in [5, 5.41) is 16.5. The van der Waals surface area contributed by atoms with Gasteiger partial charge in [0.25, 0.3) is 0 Å². The van der Waals surface area contributed by atoms with Gasteiger partial charge in [-0.1, -0.05) is 35.1 Å². The Morgan fingerprint density at radius 3 is 2.78 bits per heavy atom. The number of tetrazole rings is 1. The number of hydrogen-bond donors (Lipinski definition) is 0. The molecule has 23 heavy (non-hydrogen) atoms. The van der Waals surface area contributed by atoms with Gasteiger partial charge in [0, 0.05) is 11.8 Å². The van der Waals surface area contributed by atoms with Gasteiger partial charge in [-0.05, 0) is 34.7 Å². The number of thioether (sulfide) groups is 1. The Balaban J connectivity index is 1.49.